The molecule has 0 aliphatic carbocycles. The van der Waals surface area contributed by atoms with Crippen LogP contribution in [0.5, 0.6) is 0 Å². The number of benzene rings is 1. The number of rotatable bonds is 11. The molecule has 1 aliphatic heterocycles. The monoisotopic (exact) mass is 447 g/mol. The van der Waals surface area contributed by atoms with E-state index in [9.17, 15) is 0 Å². The molecule has 11 nitrogen and oxygen atoms in total. The molecule has 0 atom stereocenters. The zero-order chi connectivity index (χ0) is 23.3. The zero-order valence-electron chi connectivity index (χ0n) is 19.2. The maximum Gasteiger partial charge on any atom is 0.280 e. The topological polar surface area (TPSA) is 117 Å². The maximum absolute atomic E-state index is 5.59. The molecule has 1 heterocycles. The van der Waals surface area contributed by atoms with Crippen molar-refractivity contribution in [3.05, 3.63) is 35.4 Å². The molecule has 2 rings (SSSR count). The van der Waals surface area contributed by atoms with Crippen molar-refractivity contribution in [2.75, 3.05) is 27.4 Å². The van der Waals surface area contributed by atoms with E-state index in [2.05, 4.69) is 25.8 Å². The van der Waals surface area contributed by atoms with Gasteiger partial charge < -0.3 is 28.9 Å². The minimum Gasteiger partial charge on any atom is -0.470 e. The highest BCUT2D eigenvalue weighted by Crippen LogP contribution is 2.15. The minimum atomic E-state index is -0.0650. The highest BCUT2D eigenvalue weighted by atomic mass is 16.7. The van der Waals surface area contributed by atoms with Crippen LogP contribution in [-0.2, 0) is 35.5 Å². The van der Waals surface area contributed by atoms with Gasteiger partial charge in [0.1, 0.15) is 45.0 Å². The molecule has 1 aromatic carbocycles. The lowest BCUT2D eigenvalue weighted by Crippen LogP contribution is -2.26. The lowest BCUT2D eigenvalue weighted by molar-refractivity contribution is 0.0672. The first-order valence-corrected chi connectivity index (χ1v) is 9.99. The average Bonchev–Trinajstić information content (AvgIpc) is 2.80. The molecule has 0 amide bonds. The molecule has 1 aromatic rings. The molecule has 0 spiro atoms. The standard InChI is InChI=1S/C21H29N5O6/c1-14(2)32-23-16(4)19(24-27-5)15(3)22-31-13-17-9-7-8-10-18(17)20(25-28-6)21-26-30-12-11-29-21/h7-10,14H,11-13H2,1-6H3/b22-15+,23-16+,24-19-,25-20+. The van der Waals surface area contributed by atoms with E-state index in [-0.39, 0.29) is 18.6 Å². The number of hydrogen-bond donors (Lipinski definition) is 0. The quantitative estimate of drug-likeness (QED) is 0.380. The Morgan fingerprint density at radius 3 is 2.38 bits per heavy atom. The second-order valence-electron chi connectivity index (χ2n) is 6.76. The lowest BCUT2D eigenvalue weighted by Gasteiger charge is -2.16. The summed E-state index contributed by atoms with van der Waals surface area (Å²) in [5.41, 5.74) is 3.27. The van der Waals surface area contributed by atoms with Gasteiger partial charge in [-0.1, -0.05) is 44.9 Å². The van der Waals surface area contributed by atoms with E-state index in [1.54, 1.807) is 13.8 Å². The van der Waals surface area contributed by atoms with E-state index in [1.807, 2.05) is 38.1 Å². The van der Waals surface area contributed by atoms with Crippen molar-refractivity contribution in [3.8, 4) is 0 Å². The molecule has 0 bridgehead atoms. The van der Waals surface area contributed by atoms with E-state index in [1.165, 1.54) is 14.2 Å². The van der Waals surface area contributed by atoms with Crippen molar-refractivity contribution < 1.29 is 28.9 Å². The van der Waals surface area contributed by atoms with Crippen LogP contribution in [0.15, 0.2) is 50.0 Å². The van der Waals surface area contributed by atoms with Crippen LogP contribution in [0.1, 0.15) is 38.8 Å². The Bertz CT molecular complexity index is 908. The second-order valence-corrected chi connectivity index (χ2v) is 6.76. The summed E-state index contributed by atoms with van der Waals surface area (Å²) in [6.45, 7) is 8.12. The second kappa shape index (κ2) is 12.9. The van der Waals surface area contributed by atoms with Gasteiger partial charge in [0.25, 0.3) is 5.90 Å². The number of ether oxygens (including phenoxy) is 1. The van der Waals surface area contributed by atoms with Gasteiger partial charge in [0.15, 0.2) is 18.0 Å². The Balaban J connectivity index is 2.21. The van der Waals surface area contributed by atoms with Gasteiger partial charge in [-0.05, 0) is 32.9 Å². The van der Waals surface area contributed by atoms with Gasteiger partial charge in [-0.2, -0.15) is 0 Å². The molecule has 174 valence electrons. The number of hydrogen-bond acceptors (Lipinski definition) is 11. The first kappa shape index (κ1) is 24.6. The Labute approximate surface area is 187 Å². The lowest BCUT2D eigenvalue weighted by atomic mass is 10.0. The summed E-state index contributed by atoms with van der Waals surface area (Å²) in [7, 11) is 2.89. The highest BCUT2D eigenvalue weighted by molar-refractivity contribution is 6.67. The summed E-state index contributed by atoms with van der Waals surface area (Å²) in [5.74, 6) is 0.233. The van der Waals surface area contributed by atoms with E-state index >= 15 is 0 Å². The summed E-state index contributed by atoms with van der Waals surface area (Å²) >= 11 is 0. The molecule has 32 heavy (non-hydrogen) atoms. The van der Waals surface area contributed by atoms with Crippen molar-refractivity contribution in [1.29, 1.82) is 0 Å². The normalized spacial score (nSPS) is 15.5. The van der Waals surface area contributed by atoms with Crippen molar-refractivity contribution in [2.24, 2.45) is 25.8 Å². The van der Waals surface area contributed by atoms with E-state index in [4.69, 9.17) is 28.9 Å². The Morgan fingerprint density at radius 1 is 1.00 bits per heavy atom. The fraction of sp³-hybridized carbons (Fsp3) is 0.476. The van der Waals surface area contributed by atoms with Crippen molar-refractivity contribution >= 4 is 28.7 Å². The van der Waals surface area contributed by atoms with Crippen LogP contribution < -0.4 is 0 Å². The zero-order valence-corrected chi connectivity index (χ0v) is 19.2. The third kappa shape index (κ3) is 7.25. The summed E-state index contributed by atoms with van der Waals surface area (Å²) in [6.07, 6.45) is -0.0650. The Kier molecular flexibility index (Phi) is 9.95. The molecular weight excluding hydrogens is 418 g/mol. The highest BCUT2D eigenvalue weighted by Gasteiger charge is 2.21. The molecule has 0 saturated heterocycles. The largest absolute Gasteiger partial charge is 0.470 e. The molecule has 0 unspecified atom stereocenters. The van der Waals surface area contributed by atoms with E-state index in [0.717, 1.165) is 5.56 Å². The first-order chi connectivity index (χ1) is 15.5. The molecule has 0 N–H and O–H groups in total. The third-order valence-electron chi connectivity index (χ3n) is 3.91. The van der Waals surface area contributed by atoms with Gasteiger partial charge in [0.2, 0.25) is 0 Å². The van der Waals surface area contributed by atoms with Gasteiger partial charge in [-0.3, -0.25) is 0 Å². The summed E-state index contributed by atoms with van der Waals surface area (Å²) in [5, 5.41) is 20.2. The van der Waals surface area contributed by atoms with Crippen molar-refractivity contribution in [3.63, 3.8) is 0 Å². The fourth-order valence-electron chi connectivity index (χ4n) is 2.54. The van der Waals surface area contributed by atoms with Gasteiger partial charge in [0.05, 0.1) is 0 Å². The first-order valence-electron chi connectivity index (χ1n) is 9.99. The van der Waals surface area contributed by atoms with E-state index < -0.39 is 0 Å². The maximum atomic E-state index is 5.59. The van der Waals surface area contributed by atoms with Crippen molar-refractivity contribution in [2.45, 2.75) is 40.4 Å². The van der Waals surface area contributed by atoms with Crippen LogP contribution in [-0.4, -0.2) is 62.3 Å². The van der Waals surface area contributed by atoms with Crippen LogP contribution in [0, 0.1) is 0 Å². The third-order valence-corrected chi connectivity index (χ3v) is 3.91. The average molecular weight is 447 g/mol. The van der Waals surface area contributed by atoms with Crippen molar-refractivity contribution in [1.82, 2.24) is 0 Å². The van der Waals surface area contributed by atoms with Gasteiger partial charge in [0, 0.05) is 11.1 Å². The smallest absolute Gasteiger partial charge is 0.280 e. The molecule has 11 heteroatoms. The Hall–Kier alpha value is -3.63. The van der Waals surface area contributed by atoms with Crippen LogP contribution >= 0.6 is 0 Å². The fourth-order valence-corrected chi connectivity index (χ4v) is 2.54. The van der Waals surface area contributed by atoms with Gasteiger partial charge in [-0.25, -0.2) is 0 Å². The van der Waals surface area contributed by atoms with Crippen LogP contribution in [0.25, 0.3) is 0 Å². The summed E-state index contributed by atoms with van der Waals surface area (Å²) < 4.78 is 5.56. The predicted molar refractivity (Wildman–Crippen MR) is 121 cm³/mol. The molecule has 0 saturated carbocycles. The minimum absolute atomic E-state index is 0.0650. The molecule has 0 aromatic heterocycles. The summed E-state index contributed by atoms with van der Waals surface area (Å²) in [6, 6.07) is 7.47. The van der Waals surface area contributed by atoms with Crippen LogP contribution in [0.3, 0.4) is 0 Å². The molecule has 0 radical (unpaired) electrons. The van der Waals surface area contributed by atoms with E-state index in [0.29, 0.717) is 41.6 Å². The SMILES string of the molecule is CO/N=C(C(/C)=N/OCc1ccccc1/C(=N\OC)C1=NOCCO1)\C(C)=N\OC(C)C. The molecule has 0 fully saturated rings. The Morgan fingerprint density at radius 2 is 1.72 bits per heavy atom. The number of oxime groups is 5. The molecular formula is C21H29N5O6. The number of nitrogens with zero attached hydrogens (tertiary/aromatic N) is 5. The van der Waals surface area contributed by atoms with Gasteiger partial charge >= 0.3 is 0 Å². The summed E-state index contributed by atoms with van der Waals surface area (Å²) in [4.78, 5) is 25.9. The molecule has 1 aliphatic rings. The van der Waals surface area contributed by atoms with Crippen LogP contribution in [0.2, 0.25) is 0 Å². The van der Waals surface area contributed by atoms with Gasteiger partial charge in [-0.15, -0.1) is 0 Å². The van der Waals surface area contributed by atoms with Crippen LogP contribution in [0.4, 0.5) is 0 Å². The predicted octanol–water partition coefficient (Wildman–Crippen LogP) is 3.09.